The molecule has 0 aliphatic carbocycles. The van der Waals surface area contributed by atoms with Crippen LogP contribution in [0.4, 0.5) is 13.2 Å². The first kappa shape index (κ1) is 17.7. The lowest BCUT2D eigenvalue weighted by Crippen LogP contribution is -2.36. The molecular formula is C18H20F3N3O. The van der Waals surface area contributed by atoms with E-state index in [0.717, 1.165) is 6.07 Å². The maximum Gasteiger partial charge on any atom is 0.254 e. The van der Waals surface area contributed by atoms with E-state index in [2.05, 4.69) is 9.97 Å². The molecule has 1 aliphatic rings. The lowest BCUT2D eigenvalue weighted by atomic mass is 9.95. The zero-order valence-corrected chi connectivity index (χ0v) is 14.4. The minimum absolute atomic E-state index is 0.0863. The van der Waals surface area contributed by atoms with Crippen molar-refractivity contribution in [2.45, 2.75) is 45.7 Å². The van der Waals surface area contributed by atoms with Gasteiger partial charge >= 0.3 is 0 Å². The van der Waals surface area contributed by atoms with Gasteiger partial charge in [0.1, 0.15) is 11.6 Å². The first-order chi connectivity index (χ1) is 11.6. The van der Waals surface area contributed by atoms with E-state index in [0.29, 0.717) is 42.7 Å². The van der Waals surface area contributed by atoms with Crippen molar-refractivity contribution in [3.05, 3.63) is 62.6 Å². The quantitative estimate of drug-likeness (QED) is 0.846. The van der Waals surface area contributed by atoms with Gasteiger partial charge in [0.15, 0.2) is 11.6 Å². The van der Waals surface area contributed by atoms with Crippen molar-refractivity contribution in [2.24, 2.45) is 0 Å². The summed E-state index contributed by atoms with van der Waals surface area (Å²) in [5.41, 5.74) is 0.928. The SMILES string of the molecule is CC(C)(C)c1nc2c(c(=O)[nH]1)CCN(Cc1cc(F)c(F)cc1F)C2. The summed E-state index contributed by atoms with van der Waals surface area (Å²) in [5, 5.41) is 0. The van der Waals surface area contributed by atoms with Crippen molar-refractivity contribution < 1.29 is 13.2 Å². The molecule has 2 aromatic rings. The fourth-order valence-corrected chi connectivity index (χ4v) is 2.91. The van der Waals surface area contributed by atoms with Gasteiger partial charge in [0, 0.05) is 42.2 Å². The van der Waals surface area contributed by atoms with E-state index < -0.39 is 17.5 Å². The summed E-state index contributed by atoms with van der Waals surface area (Å²) in [5.74, 6) is -2.46. The van der Waals surface area contributed by atoms with Gasteiger partial charge in [0.25, 0.3) is 5.56 Å². The molecule has 0 bridgehead atoms. The summed E-state index contributed by atoms with van der Waals surface area (Å²) in [4.78, 5) is 21.5. The van der Waals surface area contributed by atoms with Crippen LogP contribution in [0.5, 0.6) is 0 Å². The van der Waals surface area contributed by atoms with Crippen LogP contribution in [0.25, 0.3) is 0 Å². The normalized spacial score (nSPS) is 15.3. The van der Waals surface area contributed by atoms with Crippen molar-refractivity contribution in [2.75, 3.05) is 6.54 Å². The van der Waals surface area contributed by atoms with Crippen LogP contribution in [0, 0.1) is 17.5 Å². The molecule has 0 saturated heterocycles. The number of benzene rings is 1. The number of hydrogen-bond acceptors (Lipinski definition) is 3. The number of rotatable bonds is 2. The minimum atomic E-state index is -1.20. The Bertz CT molecular complexity index is 871. The van der Waals surface area contributed by atoms with Gasteiger partial charge in [-0.3, -0.25) is 9.69 Å². The molecule has 7 heteroatoms. The molecule has 0 saturated carbocycles. The van der Waals surface area contributed by atoms with Gasteiger partial charge in [-0.1, -0.05) is 20.8 Å². The van der Waals surface area contributed by atoms with Crippen molar-refractivity contribution >= 4 is 0 Å². The Morgan fingerprint density at radius 1 is 1.16 bits per heavy atom. The van der Waals surface area contributed by atoms with Crippen molar-refractivity contribution in [1.82, 2.24) is 14.9 Å². The van der Waals surface area contributed by atoms with Crippen LogP contribution in [0.3, 0.4) is 0 Å². The van der Waals surface area contributed by atoms with Gasteiger partial charge in [-0.2, -0.15) is 0 Å². The average Bonchev–Trinajstić information content (AvgIpc) is 2.51. The fraction of sp³-hybridized carbons (Fsp3) is 0.444. The van der Waals surface area contributed by atoms with E-state index in [9.17, 15) is 18.0 Å². The molecule has 1 aromatic carbocycles. The molecule has 1 aromatic heterocycles. The predicted octanol–water partition coefficient (Wildman–Crippen LogP) is 3.04. The number of aromatic amines is 1. The largest absolute Gasteiger partial charge is 0.310 e. The second kappa shape index (κ2) is 6.29. The van der Waals surface area contributed by atoms with Crippen LogP contribution in [0.2, 0.25) is 0 Å². The molecule has 1 N–H and O–H groups in total. The van der Waals surface area contributed by atoms with E-state index in [1.54, 1.807) is 0 Å². The molecule has 4 nitrogen and oxygen atoms in total. The average molecular weight is 351 g/mol. The van der Waals surface area contributed by atoms with Crippen LogP contribution < -0.4 is 5.56 Å². The third kappa shape index (κ3) is 3.61. The molecule has 0 fully saturated rings. The first-order valence-corrected chi connectivity index (χ1v) is 8.13. The van der Waals surface area contributed by atoms with Crippen LogP contribution in [0.1, 0.15) is 43.4 Å². The fourth-order valence-electron chi connectivity index (χ4n) is 2.91. The number of nitrogens with one attached hydrogen (secondary N) is 1. The summed E-state index contributed by atoms with van der Waals surface area (Å²) in [6.45, 7) is 6.87. The van der Waals surface area contributed by atoms with Gasteiger partial charge in [0.05, 0.1) is 5.69 Å². The van der Waals surface area contributed by atoms with Gasteiger partial charge in [-0.15, -0.1) is 0 Å². The molecule has 3 rings (SSSR count). The highest BCUT2D eigenvalue weighted by Gasteiger charge is 2.25. The van der Waals surface area contributed by atoms with Gasteiger partial charge < -0.3 is 4.98 Å². The Labute approximate surface area is 143 Å². The van der Waals surface area contributed by atoms with Crippen LogP contribution in [-0.2, 0) is 24.9 Å². The van der Waals surface area contributed by atoms with Gasteiger partial charge in [-0.25, -0.2) is 18.2 Å². The molecular weight excluding hydrogens is 331 g/mol. The zero-order chi connectivity index (χ0) is 18.4. The highest BCUT2D eigenvalue weighted by molar-refractivity contribution is 5.24. The molecule has 0 spiro atoms. The van der Waals surface area contributed by atoms with Crippen LogP contribution in [-0.4, -0.2) is 21.4 Å². The summed E-state index contributed by atoms with van der Waals surface area (Å²) >= 11 is 0. The lowest BCUT2D eigenvalue weighted by Gasteiger charge is -2.29. The van der Waals surface area contributed by atoms with E-state index in [1.165, 1.54) is 0 Å². The predicted molar refractivity (Wildman–Crippen MR) is 87.7 cm³/mol. The molecule has 2 heterocycles. The Hall–Kier alpha value is -2.15. The van der Waals surface area contributed by atoms with E-state index in [-0.39, 0.29) is 23.1 Å². The van der Waals surface area contributed by atoms with Crippen LogP contribution in [0.15, 0.2) is 16.9 Å². The summed E-state index contributed by atoms with van der Waals surface area (Å²) in [7, 11) is 0. The molecule has 134 valence electrons. The number of fused-ring (bicyclic) bond motifs is 1. The van der Waals surface area contributed by atoms with E-state index in [4.69, 9.17) is 0 Å². The van der Waals surface area contributed by atoms with E-state index in [1.807, 2.05) is 25.7 Å². The maximum atomic E-state index is 13.9. The number of hydrogen-bond donors (Lipinski definition) is 1. The Kier molecular flexibility index (Phi) is 4.45. The van der Waals surface area contributed by atoms with E-state index >= 15 is 0 Å². The lowest BCUT2D eigenvalue weighted by molar-refractivity contribution is 0.235. The molecule has 0 atom stereocenters. The topological polar surface area (TPSA) is 49.0 Å². The molecule has 25 heavy (non-hydrogen) atoms. The summed E-state index contributed by atoms with van der Waals surface area (Å²) < 4.78 is 40.3. The zero-order valence-electron chi connectivity index (χ0n) is 14.4. The van der Waals surface area contributed by atoms with Crippen molar-refractivity contribution in [3.8, 4) is 0 Å². The van der Waals surface area contributed by atoms with Crippen molar-refractivity contribution in [3.63, 3.8) is 0 Å². The third-order valence-corrected chi connectivity index (χ3v) is 4.35. The Morgan fingerprint density at radius 3 is 2.52 bits per heavy atom. The molecule has 0 amide bonds. The molecule has 1 aliphatic heterocycles. The second-order valence-corrected chi connectivity index (χ2v) is 7.41. The van der Waals surface area contributed by atoms with Gasteiger partial charge in [0.2, 0.25) is 0 Å². The maximum absolute atomic E-state index is 13.9. The smallest absolute Gasteiger partial charge is 0.254 e. The highest BCUT2D eigenvalue weighted by atomic mass is 19.2. The van der Waals surface area contributed by atoms with Crippen molar-refractivity contribution in [1.29, 1.82) is 0 Å². The van der Waals surface area contributed by atoms with Crippen LogP contribution >= 0.6 is 0 Å². The number of halogens is 3. The number of nitrogens with zero attached hydrogens (tertiary/aromatic N) is 2. The third-order valence-electron chi connectivity index (χ3n) is 4.35. The second-order valence-electron chi connectivity index (χ2n) is 7.41. The van der Waals surface area contributed by atoms with Gasteiger partial charge in [-0.05, 0) is 12.5 Å². The molecule has 0 unspecified atom stereocenters. The number of aromatic nitrogens is 2. The Balaban J connectivity index is 1.87. The standard InChI is InChI=1S/C18H20F3N3O/c1-18(2,3)17-22-15-9-24(5-4-11(15)16(25)23-17)8-10-6-13(20)14(21)7-12(10)19/h6-7H,4-5,8-9H2,1-3H3,(H,22,23,25). The first-order valence-electron chi connectivity index (χ1n) is 8.13. The summed E-state index contributed by atoms with van der Waals surface area (Å²) in [6, 6.07) is 1.44. The number of H-pyrrole nitrogens is 1. The minimum Gasteiger partial charge on any atom is -0.310 e. The monoisotopic (exact) mass is 351 g/mol. The molecule has 0 radical (unpaired) electrons. The highest BCUT2D eigenvalue weighted by Crippen LogP contribution is 2.22. The Morgan fingerprint density at radius 2 is 1.84 bits per heavy atom. The summed E-state index contributed by atoms with van der Waals surface area (Å²) in [6.07, 6.45) is 0.480.